The van der Waals surface area contributed by atoms with Gasteiger partial charge in [0, 0.05) is 31.0 Å². The first kappa shape index (κ1) is 23.4. The van der Waals surface area contributed by atoms with Gasteiger partial charge in [0.2, 0.25) is 5.91 Å². The quantitative estimate of drug-likeness (QED) is 0.522. The molecule has 176 valence electrons. The van der Waals surface area contributed by atoms with Crippen molar-refractivity contribution in [1.29, 1.82) is 0 Å². The van der Waals surface area contributed by atoms with Crippen LogP contribution in [0.25, 0.3) is 0 Å². The van der Waals surface area contributed by atoms with E-state index in [0.29, 0.717) is 18.8 Å². The minimum absolute atomic E-state index is 0.0141. The number of hydrogen-bond acceptors (Lipinski definition) is 3. The summed E-state index contributed by atoms with van der Waals surface area (Å²) in [6.45, 7) is 6.20. The predicted octanol–water partition coefficient (Wildman–Crippen LogP) is 5.33. The second kappa shape index (κ2) is 10.4. The molecule has 4 rings (SSSR count). The van der Waals surface area contributed by atoms with Crippen LogP contribution in [0.2, 0.25) is 0 Å². The van der Waals surface area contributed by atoms with Crippen LogP contribution in [0.3, 0.4) is 0 Å². The number of ether oxygens (including phenoxy) is 1. The zero-order valence-electron chi connectivity index (χ0n) is 20.0. The zero-order chi connectivity index (χ0) is 24.1. The molecule has 0 aliphatic carbocycles. The van der Waals surface area contributed by atoms with Crippen molar-refractivity contribution in [3.05, 3.63) is 89.0 Å². The highest BCUT2D eigenvalue weighted by atomic mass is 16.5. The monoisotopic (exact) mass is 457 g/mol. The molecule has 3 aromatic rings. The number of urea groups is 1. The van der Waals surface area contributed by atoms with Crippen LogP contribution < -0.4 is 15.0 Å². The molecule has 0 aromatic heterocycles. The van der Waals surface area contributed by atoms with Crippen LogP contribution in [-0.2, 0) is 17.8 Å². The highest BCUT2D eigenvalue weighted by Gasteiger charge is 2.26. The molecule has 1 aliphatic heterocycles. The van der Waals surface area contributed by atoms with E-state index < -0.39 is 0 Å². The van der Waals surface area contributed by atoms with Crippen molar-refractivity contribution in [2.24, 2.45) is 0 Å². The summed E-state index contributed by atoms with van der Waals surface area (Å²) in [7, 11) is 1.61. The number of carbonyl (C=O) groups is 2. The van der Waals surface area contributed by atoms with Crippen LogP contribution in [0.4, 0.5) is 16.2 Å². The van der Waals surface area contributed by atoms with Crippen molar-refractivity contribution in [2.75, 3.05) is 30.4 Å². The minimum Gasteiger partial charge on any atom is -0.497 e. The van der Waals surface area contributed by atoms with E-state index >= 15 is 0 Å². The van der Waals surface area contributed by atoms with Gasteiger partial charge < -0.3 is 15.0 Å². The van der Waals surface area contributed by atoms with Gasteiger partial charge in [-0.05, 0) is 67.8 Å². The number of aryl methyl sites for hydroxylation is 2. The molecule has 3 amide bonds. The molecule has 34 heavy (non-hydrogen) atoms. The topological polar surface area (TPSA) is 61.9 Å². The predicted molar refractivity (Wildman–Crippen MR) is 135 cm³/mol. The number of nitrogens with one attached hydrogen (secondary N) is 1. The summed E-state index contributed by atoms with van der Waals surface area (Å²) in [5.41, 5.74) is 5.99. The van der Waals surface area contributed by atoms with E-state index in [1.807, 2.05) is 58.3 Å². The molecule has 6 heteroatoms. The Balaban J connectivity index is 1.38. The number of nitrogens with zero attached hydrogens (tertiary/aromatic N) is 2. The first-order chi connectivity index (χ1) is 16.4. The van der Waals surface area contributed by atoms with Gasteiger partial charge in [-0.25, -0.2) is 4.79 Å². The SMILES string of the molecule is COc1cccc(CC(=O)Nc2ccc(N3CCCN(Cc4cc(C)cc(C)c4)C3=O)cc2)c1. The van der Waals surface area contributed by atoms with Crippen LogP contribution in [0.15, 0.2) is 66.7 Å². The smallest absolute Gasteiger partial charge is 0.324 e. The zero-order valence-corrected chi connectivity index (χ0v) is 20.0. The minimum atomic E-state index is -0.102. The van der Waals surface area contributed by atoms with Crippen LogP contribution >= 0.6 is 0 Å². The Morgan fingerprint density at radius 3 is 2.38 bits per heavy atom. The Labute approximate surface area is 201 Å². The Morgan fingerprint density at radius 2 is 1.68 bits per heavy atom. The average molecular weight is 458 g/mol. The maximum absolute atomic E-state index is 13.2. The van der Waals surface area contributed by atoms with Crippen LogP contribution in [0.1, 0.15) is 28.7 Å². The second-order valence-electron chi connectivity index (χ2n) is 8.83. The third-order valence-electron chi connectivity index (χ3n) is 5.93. The largest absolute Gasteiger partial charge is 0.497 e. The maximum Gasteiger partial charge on any atom is 0.324 e. The Kier molecular flexibility index (Phi) is 7.16. The van der Waals surface area contributed by atoms with Crippen molar-refractivity contribution >= 4 is 23.3 Å². The molecule has 6 nitrogen and oxygen atoms in total. The molecule has 0 unspecified atom stereocenters. The van der Waals surface area contributed by atoms with Gasteiger partial charge in [0.15, 0.2) is 0 Å². The summed E-state index contributed by atoms with van der Waals surface area (Å²) in [6, 6.07) is 21.4. The summed E-state index contributed by atoms with van der Waals surface area (Å²) < 4.78 is 5.22. The molecule has 0 spiro atoms. The molecule has 0 radical (unpaired) electrons. The number of carbonyl (C=O) groups excluding carboxylic acids is 2. The molecule has 0 bridgehead atoms. The van der Waals surface area contributed by atoms with Crippen molar-refractivity contribution in [2.45, 2.75) is 33.2 Å². The molecular formula is C28H31N3O3. The van der Waals surface area contributed by atoms with Gasteiger partial charge in [0.25, 0.3) is 0 Å². The third kappa shape index (κ3) is 5.76. The average Bonchev–Trinajstić information content (AvgIpc) is 2.80. The number of benzene rings is 3. The van der Waals surface area contributed by atoms with Crippen LogP contribution in [0.5, 0.6) is 5.75 Å². The van der Waals surface area contributed by atoms with Gasteiger partial charge in [-0.15, -0.1) is 0 Å². The van der Waals surface area contributed by atoms with Crippen molar-refractivity contribution < 1.29 is 14.3 Å². The lowest BCUT2D eigenvalue weighted by molar-refractivity contribution is -0.115. The van der Waals surface area contributed by atoms with Gasteiger partial charge in [0.05, 0.1) is 13.5 Å². The van der Waals surface area contributed by atoms with Crippen molar-refractivity contribution in [1.82, 2.24) is 4.90 Å². The highest BCUT2D eigenvalue weighted by Crippen LogP contribution is 2.24. The lowest BCUT2D eigenvalue weighted by Crippen LogP contribution is -2.49. The first-order valence-electron chi connectivity index (χ1n) is 11.6. The Morgan fingerprint density at radius 1 is 0.941 bits per heavy atom. The molecule has 1 fully saturated rings. The summed E-state index contributed by atoms with van der Waals surface area (Å²) in [6.07, 6.45) is 1.17. The fourth-order valence-corrected chi connectivity index (χ4v) is 4.45. The van der Waals surface area contributed by atoms with Crippen molar-refractivity contribution in [3.8, 4) is 5.75 Å². The van der Waals surface area contributed by atoms with Crippen LogP contribution in [0, 0.1) is 13.8 Å². The number of anilines is 2. The fraction of sp³-hybridized carbons (Fsp3) is 0.286. The second-order valence-corrected chi connectivity index (χ2v) is 8.83. The fourth-order valence-electron chi connectivity index (χ4n) is 4.45. The lowest BCUT2D eigenvalue weighted by Gasteiger charge is -2.36. The lowest BCUT2D eigenvalue weighted by atomic mass is 10.1. The normalized spacial score (nSPS) is 13.7. The van der Waals surface area contributed by atoms with Gasteiger partial charge in [-0.3, -0.25) is 9.69 Å². The highest BCUT2D eigenvalue weighted by molar-refractivity contribution is 5.94. The molecule has 1 N–H and O–H groups in total. The van der Waals surface area contributed by atoms with E-state index in [1.165, 1.54) is 11.1 Å². The van der Waals surface area contributed by atoms with E-state index in [2.05, 4.69) is 37.4 Å². The molecule has 1 saturated heterocycles. The molecule has 1 heterocycles. The third-order valence-corrected chi connectivity index (χ3v) is 5.93. The van der Waals surface area contributed by atoms with E-state index in [4.69, 9.17) is 4.74 Å². The van der Waals surface area contributed by atoms with E-state index in [1.54, 1.807) is 7.11 Å². The Hall–Kier alpha value is -3.80. The molecule has 0 atom stereocenters. The van der Waals surface area contributed by atoms with E-state index in [-0.39, 0.29) is 18.4 Å². The van der Waals surface area contributed by atoms with E-state index in [9.17, 15) is 9.59 Å². The molecule has 3 aromatic carbocycles. The number of hydrogen-bond donors (Lipinski definition) is 1. The standard InChI is InChI=1S/C28H31N3O3/c1-20-14-21(2)16-23(15-20)19-30-12-5-13-31(28(30)33)25-10-8-24(9-11-25)29-27(32)18-22-6-4-7-26(17-22)34-3/h4,6-11,14-17H,5,12-13,18-19H2,1-3H3,(H,29,32). The van der Waals surface area contributed by atoms with Crippen molar-refractivity contribution in [3.63, 3.8) is 0 Å². The van der Waals surface area contributed by atoms with Gasteiger partial charge >= 0.3 is 6.03 Å². The number of amides is 3. The van der Waals surface area contributed by atoms with Gasteiger partial charge in [-0.1, -0.05) is 41.5 Å². The number of methoxy groups -OCH3 is 1. The molecule has 1 aliphatic rings. The summed E-state index contributed by atoms with van der Waals surface area (Å²) >= 11 is 0. The first-order valence-corrected chi connectivity index (χ1v) is 11.6. The Bertz CT molecular complexity index is 1150. The summed E-state index contributed by atoms with van der Waals surface area (Å²) in [4.78, 5) is 29.4. The summed E-state index contributed by atoms with van der Waals surface area (Å²) in [5, 5.41) is 2.93. The van der Waals surface area contributed by atoms with Gasteiger partial charge in [0.1, 0.15) is 5.75 Å². The number of rotatable bonds is 7. The van der Waals surface area contributed by atoms with Gasteiger partial charge in [-0.2, -0.15) is 0 Å². The maximum atomic E-state index is 13.2. The van der Waals surface area contributed by atoms with E-state index in [0.717, 1.165) is 35.5 Å². The van der Waals surface area contributed by atoms with Crippen LogP contribution in [-0.4, -0.2) is 37.0 Å². The molecular weight excluding hydrogens is 426 g/mol. The molecule has 0 saturated carbocycles. The summed E-state index contributed by atoms with van der Waals surface area (Å²) in [5.74, 6) is 0.627.